The van der Waals surface area contributed by atoms with Crippen molar-refractivity contribution in [3.8, 4) is 0 Å². The van der Waals surface area contributed by atoms with Gasteiger partial charge in [0.15, 0.2) is 24.8 Å². The standard InChI is InChI=1S/C20H30N2/c1-19-9-15-21(16-10-19)13-7-5-3-4-6-8-14-22-17-11-20(2)12-18-22/h9-12,15-18H,3-8,13-14H2,1-2H3/q+2. The topological polar surface area (TPSA) is 7.76 Å². The molecule has 2 heteroatoms. The van der Waals surface area contributed by atoms with E-state index in [1.165, 1.54) is 49.7 Å². The van der Waals surface area contributed by atoms with Crippen LogP contribution in [0.4, 0.5) is 0 Å². The number of nitrogens with zero attached hydrogens (tertiary/aromatic N) is 2. The van der Waals surface area contributed by atoms with Crippen molar-refractivity contribution >= 4 is 0 Å². The van der Waals surface area contributed by atoms with Gasteiger partial charge in [0.25, 0.3) is 0 Å². The van der Waals surface area contributed by atoms with E-state index in [-0.39, 0.29) is 0 Å². The summed E-state index contributed by atoms with van der Waals surface area (Å²) in [7, 11) is 0. The van der Waals surface area contributed by atoms with Crippen LogP contribution in [-0.4, -0.2) is 0 Å². The molecule has 118 valence electrons. The Hall–Kier alpha value is -1.70. The van der Waals surface area contributed by atoms with E-state index in [1.54, 1.807) is 0 Å². The number of hydrogen-bond donors (Lipinski definition) is 0. The minimum Gasteiger partial charge on any atom is -0.205 e. The number of aromatic nitrogens is 2. The summed E-state index contributed by atoms with van der Waals surface area (Å²) >= 11 is 0. The second-order valence-electron chi connectivity index (χ2n) is 6.35. The van der Waals surface area contributed by atoms with Gasteiger partial charge in [0.2, 0.25) is 0 Å². The van der Waals surface area contributed by atoms with Crippen LogP contribution in [0.1, 0.15) is 49.7 Å². The summed E-state index contributed by atoms with van der Waals surface area (Å²) in [5, 5.41) is 0. The zero-order valence-electron chi connectivity index (χ0n) is 14.2. The van der Waals surface area contributed by atoms with Crippen LogP contribution in [0.3, 0.4) is 0 Å². The minimum atomic E-state index is 1.15. The molecule has 0 aliphatic rings. The average Bonchev–Trinajstić information content (AvgIpc) is 2.53. The average molecular weight is 298 g/mol. The first-order chi connectivity index (χ1) is 10.7. The quantitative estimate of drug-likeness (QED) is 0.490. The summed E-state index contributed by atoms with van der Waals surface area (Å²) in [4.78, 5) is 0. The fraction of sp³-hybridized carbons (Fsp3) is 0.500. The third-order valence-corrected chi connectivity index (χ3v) is 4.20. The van der Waals surface area contributed by atoms with Gasteiger partial charge in [-0.2, -0.15) is 0 Å². The Bertz CT molecular complexity index is 477. The second kappa shape index (κ2) is 9.34. The SMILES string of the molecule is Cc1cc[n+](CCCCCCCC[n+]2ccc(C)cc2)cc1. The van der Waals surface area contributed by atoms with Crippen LogP contribution in [-0.2, 0) is 13.1 Å². The molecule has 2 aromatic heterocycles. The van der Waals surface area contributed by atoms with E-state index >= 15 is 0 Å². The molecule has 2 nitrogen and oxygen atoms in total. The number of aryl methyl sites for hydroxylation is 4. The van der Waals surface area contributed by atoms with Crippen molar-refractivity contribution in [3.05, 3.63) is 60.2 Å². The van der Waals surface area contributed by atoms with Gasteiger partial charge in [0.05, 0.1) is 0 Å². The number of pyridine rings is 2. The van der Waals surface area contributed by atoms with E-state index < -0.39 is 0 Å². The van der Waals surface area contributed by atoms with Gasteiger partial charge in [-0.15, -0.1) is 0 Å². The summed E-state index contributed by atoms with van der Waals surface area (Å²) in [6.45, 7) is 6.58. The Morgan fingerprint density at radius 3 is 1.23 bits per heavy atom. The molecule has 0 saturated carbocycles. The molecule has 0 atom stereocenters. The van der Waals surface area contributed by atoms with Crippen LogP contribution in [0.25, 0.3) is 0 Å². The van der Waals surface area contributed by atoms with E-state index in [0.29, 0.717) is 0 Å². The lowest BCUT2D eigenvalue weighted by atomic mass is 10.1. The highest BCUT2D eigenvalue weighted by Crippen LogP contribution is 2.05. The molecule has 0 fully saturated rings. The van der Waals surface area contributed by atoms with Crippen LogP contribution >= 0.6 is 0 Å². The van der Waals surface area contributed by atoms with Crippen LogP contribution in [0.15, 0.2) is 49.1 Å². The lowest BCUT2D eigenvalue weighted by Crippen LogP contribution is -2.32. The van der Waals surface area contributed by atoms with Gasteiger partial charge in [0, 0.05) is 37.1 Å². The molecule has 0 aromatic carbocycles. The minimum absolute atomic E-state index is 1.15. The van der Waals surface area contributed by atoms with E-state index in [9.17, 15) is 0 Å². The first-order valence-electron chi connectivity index (χ1n) is 8.65. The van der Waals surface area contributed by atoms with Gasteiger partial charge in [0.1, 0.15) is 13.1 Å². The van der Waals surface area contributed by atoms with Crippen LogP contribution < -0.4 is 9.13 Å². The highest BCUT2D eigenvalue weighted by molar-refractivity contribution is 5.03. The van der Waals surface area contributed by atoms with Crippen LogP contribution in [0.5, 0.6) is 0 Å². The van der Waals surface area contributed by atoms with Crippen molar-refractivity contribution in [2.24, 2.45) is 0 Å². The molecule has 2 aromatic rings. The molecule has 0 radical (unpaired) electrons. The van der Waals surface area contributed by atoms with Crippen molar-refractivity contribution in [1.29, 1.82) is 0 Å². The second-order valence-corrected chi connectivity index (χ2v) is 6.35. The smallest absolute Gasteiger partial charge is 0.169 e. The van der Waals surface area contributed by atoms with Gasteiger partial charge in [-0.1, -0.05) is 12.8 Å². The highest BCUT2D eigenvalue weighted by Gasteiger charge is 2.01. The number of rotatable bonds is 9. The summed E-state index contributed by atoms with van der Waals surface area (Å²) in [6, 6.07) is 8.73. The van der Waals surface area contributed by atoms with Crippen molar-refractivity contribution in [2.45, 2.75) is 65.5 Å². The molecule has 22 heavy (non-hydrogen) atoms. The van der Waals surface area contributed by atoms with Crippen LogP contribution in [0, 0.1) is 13.8 Å². The zero-order valence-corrected chi connectivity index (χ0v) is 14.2. The van der Waals surface area contributed by atoms with Crippen molar-refractivity contribution in [2.75, 3.05) is 0 Å². The van der Waals surface area contributed by atoms with Gasteiger partial charge < -0.3 is 0 Å². The van der Waals surface area contributed by atoms with E-state index in [1.807, 2.05) is 0 Å². The third kappa shape index (κ3) is 6.38. The molecular formula is C20H30N2+2. The van der Waals surface area contributed by atoms with Crippen molar-refractivity contribution < 1.29 is 9.13 Å². The van der Waals surface area contributed by atoms with Gasteiger partial charge in [-0.25, -0.2) is 9.13 Å². The van der Waals surface area contributed by atoms with Gasteiger partial charge in [-0.3, -0.25) is 0 Å². The van der Waals surface area contributed by atoms with Gasteiger partial charge in [-0.05, 0) is 37.8 Å². The maximum Gasteiger partial charge on any atom is 0.169 e. The summed E-state index contributed by atoms with van der Waals surface area (Å²) in [5.74, 6) is 0. The van der Waals surface area contributed by atoms with Crippen molar-refractivity contribution in [1.82, 2.24) is 0 Å². The predicted octanol–water partition coefficient (Wildman–Crippen LogP) is 3.92. The van der Waals surface area contributed by atoms with Crippen LogP contribution in [0.2, 0.25) is 0 Å². The largest absolute Gasteiger partial charge is 0.205 e. The summed E-state index contributed by atoms with van der Waals surface area (Å²) in [5.41, 5.74) is 2.67. The molecule has 2 heterocycles. The lowest BCUT2D eigenvalue weighted by Gasteiger charge is -2.00. The Balaban J connectivity index is 1.47. The summed E-state index contributed by atoms with van der Waals surface area (Å²) < 4.78 is 4.59. The van der Waals surface area contributed by atoms with E-state index in [0.717, 1.165) is 13.1 Å². The molecule has 0 spiro atoms. The van der Waals surface area contributed by atoms with Crippen molar-refractivity contribution in [3.63, 3.8) is 0 Å². The Labute approximate surface area is 135 Å². The molecule has 0 amide bonds. The zero-order chi connectivity index (χ0) is 15.6. The highest BCUT2D eigenvalue weighted by atomic mass is 14.9. The maximum absolute atomic E-state index is 2.29. The molecule has 0 aliphatic heterocycles. The molecular weight excluding hydrogens is 268 g/mol. The molecule has 2 rings (SSSR count). The first kappa shape index (κ1) is 16.7. The fourth-order valence-electron chi connectivity index (χ4n) is 2.66. The fourth-order valence-corrected chi connectivity index (χ4v) is 2.66. The van der Waals surface area contributed by atoms with Gasteiger partial charge >= 0.3 is 0 Å². The Morgan fingerprint density at radius 1 is 0.545 bits per heavy atom. The normalized spacial score (nSPS) is 10.8. The monoisotopic (exact) mass is 298 g/mol. The molecule has 0 bridgehead atoms. The first-order valence-corrected chi connectivity index (χ1v) is 8.65. The van der Waals surface area contributed by atoms with E-state index in [4.69, 9.17) is 0 Å². The Morgan fingerprint density at radius 2 is 0.864 bits per heavy atom. The Kier molecular flexibility index (Phi) is 7.08. The summed E-state index contributed by atoms with van der Waals surface area (Å²) in [6.07, 6.45) is 16.8. The molecule has 0 N–H and O–H groups in total. The van der Waals surface area contributed by atoms with E-state index in [2.05, 4.69) is 72.0 Å². The third-order valence-electron chi connectivity index (χ3n) is 4.20. The molecule has 0 saturated heterocycles. The number of unbranched alkanes of at least 4 members (excludes halogenated alkanes) is 5. The molecule has 0 aliphatic carbocycles. The number of hydrogen-bond acceptors (Lipinski definition) is 0. The maximum atomic E-state index is 2.29. The lowest BCUT2D eigenvalue weighted by molar-refractivity contribution is -0.697. The molecule has 0 unspecified atom stereocenters. The predicted molar refractivity (Wildman–Crippen MR) is 90.5 cm³/mol.